The number of aryl methyl sites for hydroxylation is 1. The van der Waals surface area contributed by atoms with Gasteiger partial charge in [0.25, 0.3) is 0 Å². The quantitative estimate of drug-likeness (QED) is 0.763. The lowest BCUT2D eigenvalue weighted by Crippen LogP contribution is -2.16. The maximum Gasteiger partial charge on any atom is 0.233 e. The molecule has 1 atom stereocenters. The zero-order chi connectivity index (χ0) is 13.2. The highest BCUT2D eigenvalue weighted by atomic mass is 79.9. The molecule has 19 heavy (non-hydrogen) atoms. The molecule has 0 fully saturated rings. The molecular formula is C14H12BrClN2O. The third-order valence-corrected chi connectivity index (χ3v) is 4.51. The van der Waals surface area contributed by atoms with Crippen molar-refractivity contribution in [2.24, 2.45) is 0 Å². The van der Waals surface area contributed by atoms with Gasteiger partial charge in [-0.1, -0.05) is 35.9 Å². The predicted octanol–water partition coefficient (Wildman–Crippen LogP) is 4.35. The maximum absolute atomic E-state index is 6.01. The van der Waals surface area contributed by atoms with E-state index in [-0.39, 0.29) is 6.10 Å². The van der Waals surface area contributed by atoms with Crippen LogP contribution in [-0.2, 0) is 6.42 Å². The number of hydrogen-bond donors (Lipinski definition) is 0. The van der Waals surface area contributed by atoms with Gasteiger partial charge in [0.15, 0.2) is 5.15 Å². The van der Waals surface area contributed by atoms with Crippen molar-refractivity contribution >= 4 is 27.5 Å². The molecule has 0 N–H and O–H groups in total. The SMILES string of the molecule is Clc1ncnc(OC2CCCc3ccccc32)c1Br. The van der Waals surface area contributed by atoms with Crippen LogP contribution in [0.1, 0.15) is 30.1 Å². The number of rotatable bonds is 2. The molecule has 1 heterocycles. The van der Waals surface area contributed by atoms with E-state index in [0.29, 0.717) is 15.5 Å². The Balaban J connectivity index is 1.91. The zero-order valence-corrected chi connectivity index (χ0v) is 12.5. The normalized spacial score (nSPS) is 17.9. The van der Waals surface area contributed by atoms with Crippen molar-refractivity contribution in [3.05, 3.63) is 51.3 Å². The van der Waals surface area contributed by atoms with Crippen molar-refractivity contribution in [1.29, 1.82) is 0 Å². The number of hydrogen-bond acceptors (Lipinski definition) is 3. The van der Waals surface area contributed by atoms with E-state index in [1.54, 1.807) is 0 Å². The summed E-state index contributed by atoms with van der Waals surface area (Å²) in [5.41, 5.74) is 2.60. The molecule has 5 heteroatoms. The van der Waals surface area contributed by atoms with Crippen molar-refractivity contribution in [3.63, 3.8) is 0 Å². The minimum atomic E-state index is 0.0345. The van der Waals surface area contributed by atoms with Crippen molar-refractivity contribution in [3.8, 4) is 5.88 Å². The molecule has 0 aliphatic heterocycles. The molecule has 0 saturated heterocycles. The van der Waals surface area contributed by atoms with Gasteiger partial charge in [0.05, 0.1) is 0 Å². The third kappa shape index (κ3) is 2.60. The number of ether oxygens (including phenoxy) is 1. The Labute approximate surface area is 125 Å². The first-order chi connectivity index (χ1) is 9.25. The fourth-order valence-electron chi connectivity index (χ4n) is 2.38. The molecule has 0 radical (unpaired) electrons. The van der Waals surface area contributed by atoms with Gasteiger partial charge in [-0.15, -0.1) is 0 Å². The molecule has 1 aromatic heterocycles. The Morgan fingerprint density at radius 2 is 2.11 bits per heavy atom. The Bertz CT molecular complexity index is 606. The van der Waals surface area contributed by atoms with E-state index in [1.165, 1.54) is 17.5 Å². The highest BCUT2D eigenvalue weighted by Gasteiger charge is 2.23. The van der Waals surface area contributed by atoms with Gasteiger partial charge >= 0.3 is 0 Å². The summed E-state index contributed by atoms with van der Waals surface area (Å²) in [6.07, 6.45) is 4.68. The van der Waals surface area contributed by atoms with Crippen molar-refractivity contribution in [2.75, 3.05) is 0 Å². The fourth-order valence-corrected chi connectivity index (χ4v) is 2.80. The molecule has 0 spiro atoms. The second kappa shape index (κ2) is 5.47. The average Bonchev–Trinajstić information content (AvgIpc) is 2.44. The van der Waals surface area contributed by atoms with Crippen LogP contribution in [0.3, 0.4) is 0 Å². The van der Waals surface area contributed by atoms with E-state index in [1.807, 2.05) is 6.07 Å². The first-order valence-corrected chi connectivity index (χ1v) is 7.33. The van der Waals surface area contributed by atoms with Gasteiger partial charge in [-0.3, -0.25) is 0 Å². The molecule has 0 amide bonds. The summed E-state index contributed by atoms with van der Waals surface area (Å²) in [6.45, 7) is 0. The summed E-state index contributed by atoms with van der Waals surface area (Å²) in [6, 6.07) is 8.39. The fraction of sp³-hybridized carbons (Fsp3) is 0.286. The first-order valence-electron chi connectivity index (χ1n) is 6.16. The Morgan fingerprint density at radius 1 is 1.26 bits per heavy atom. The van der Waals surface area contributed by atoms with Gasteiger partial charge in [0, 0.05) is 0 Å². The summed E-state index contributed by atoms with van der Waals surface area (Å²) in [5.74, 6) is 0.502. The van der Waals surface area contributed by atoms with Gasteiger partial charge in [-0.25, -0.2) is 9.97 Å². The number of halogens is 2. The van der Waals surface area contributed by atoms with Crippen LogP contribution in [0.25, 0.3) is 0 Å². The van der Waals surface area contributed by atoms with E-state index >= 15 is 0 Å². The Kier molecular flexibility index (Phi) is 3.71. The lowest BCUT2D eigenvalue weighted by molar-refractivity contribution is 0.174. The molecule has 0 bridgehead atoms. The van der Waals surface area contributed by atoms with Gasteiger partial charge in [-0.2, -0.15) is 0 Å². The van der Waals surface area contributed by atoms with Crippen molar-refractivity contribution in [2.45, 2.75) is 25.4 Å². The van der Waals surface area contributed by atoms with E-state index in [0.717, 1.165) is 19.3 Å². The van der Waals surface area contributed by atoms with Gasteiger partial charge in [0.2, 0.25) is 5.88 Å². The van der Waals surface area contributed by atoms with Crippen LogP contribution in [0.4, 0.5) is 0 Å². The lowest BCUT2D eigenvalue weighted by Gasteiger charge is -2.26. The number of aromatic nitrogens is 2. The predicted molar refractivity (Wildman–Crippen MR) is 77.5 cm³/mol. The van der Waals surface area contributed by atoms with Crippen molar-refractivity contribution < 1.29 is 4.74 Å². The van der Waals surface area contributed by atoms with Gasteiger partial charge in [-0.05, 0) is 46.3 Å². The number of nitrogens with zero attached hydrogens (tertiary/aromatic N) is 2. The van der Waals surface area contributed by atoms with E-state index < -0.39 is 0 Å². The van der Waals surface area contributed by atoms with Crippen LogP contribution in [0.2, 0.25) is 5.15 Å². The van der Waals surface area contributed by atoms with Gasteiger partial charge in [0.1, 0.15) is 16.9 Å². The largest absolute Gasteiger partial charge is 0.469 e. The van der Waals surface area contributed by atoms with Crippen LogP contribution in [0, 0.1) is 0 Å². The molecule has 0 saturated carbocycles. The molecular weight excluding hydrogens is 328 g/mol. The first kappa shape index (κ1) is 12.9. The minimum Gasteiger partial charge on any atom is -0.469 e. The molecule has 3 rings (SSSR count). The minimum absolute atomic E-state index is 0.0345. The average molecular weight is 340 g/mol. The second-order valence-electron chi connectivity index (χ2n) is 4.48. The van der Waals surface area contributed by atoms with E-state index in [9.17, 15) is 0 Å². The Hall–Kier alpha value is -1.13. The molecule has 3 nitrogen and oxygen atoms in total. The van der Waals surface area contributed by atoms with Crippen LogP contribution >= 0.6 is 27.5 Å². The number of benzene rings is 1. The van der Waals surface area contributed by atoms with Gasteiger partial charge < -0.3 is 4.74 Å². The molecule has 2 aromatic rings. The van der Waals surface area contributed by atoms with Crippen LogP contribution in [-0.4, -0.2) is 9.97 Å². The second-order valence-corrected chi connectivity index (χ2v) is 5.63. The van der Waals surface area contributed by atoms with E-state index in [4.69, 9.17) is 16.3 Å². The van der Waals surface area contributed by atoms with Crippen molar-refractivity contribution in [1.82, 2.24) is 9.97 Å². The third-order valence-electron chi connectivity index (χ3n) is 3.28. The lowest BCUT2D eigenvalue weighted by atomic mass is 9.89. The summed E-state index contributed by atoms with van der Waals surface area (Å²) >= 11 is 9.32. The summed E-state index contributed by atoms with van der Waals surface area (Å²) in [5, 5.41) is 0.370. The smallest absolute Gasteiger partial charge is 0.233 e. The molecule has 98 valence electrons. The maximum atomic E-state index is 6.01. The van der Waals surface area contributed by atoms with Crippen LogP contribution < -0.4 is 4.74 Å². The molecule has 1 aliphatic carbocycles. The highest BCUT2D eigenvalue weighted by Crippen LogP contribution is 2.36. The highest BCUT2D eigenvalue weighted by molar-refractivity contribution is 9.10. The Morgan fingerprint density at radius 3 is 3.00 bits per heavy atom. The summed E-state index contributed by atoms with van der Waals surface area (Å²) < 4.78 is 6.62. The monoisotopic (exact) mass is 338 g/mol. The molecule has 1 aromatic carbocycles. The van der Waals surface area contributed by atoms with Crippen LogP contribution in [0.5, 0.6) is 5.88 Å². The summed E-state index contributed by atoms with van der Waals surface area (Å²) in [7, 11) is 0. The molecule has 1 aliphatic rings. The van der Waals surface area contributed by atoms with Crippen LogP contribution in [0.15, 0.2) is 35.1 Å². The zero-order valence-electron chi connectivity index (χ0n) is 10.1. The standard InChI is InChI=1S/C14H12BrClN2O/c15-12-13(16)17-8-18-14(12)19-11-7-3-5-9-4-1-2-6-10(9)11/h1-2,4,6,8,11H,3,5,7H2. The topological polar surface area (TPSA) is 35.0 Å². The number of fused-ring (bicyclic) bond motifs is 1. The van der Waals surface area contributed by atoms with E-state index in [2.05, 4.69) is 44.1 Å². The molecule has 1 unspecified atom stereocenters. The summed E-state index contributed by atoms with van der Waals surface area (Å²) in [4.78, 5) is 8.05.